The van der Waals surface area contributed by atoms with E-state index in [2.05, 4.69) is 13.8 Å². The fourth-order valence-corrected chi connectivity index (χ4v) is 1.42. The van der Waals surface area contributed by atoms with Crippen LogP contribution >= 0.6 is 0 Å². The Bertz CT molecular complexity index is 86.7. The second kappa shape index (κ2) is 2.30. The summed E-state index contributed by atoms with van der Waals surface area (Å²) < 4.78 is 0. The summed E-state index contributed by atoms with van der Waals surface area (Å²) in [5.41, 5.74) is 6.10. The minimum atomic E-state index is 0.159. The SMILES string of the molecule is C[C@H]1CC[C@@](C)(N)CC1. The summed E-state index contributed by atoms with van der Waals surface area (Å²) in [6.07, 6.45) is 5.09. The molecule has 0 saturated heterocycles. The molecular formula is C8H17N. The maximum absolute atomic E-state index is 5.94. The zero-order valence-electron chi connectivity index (χ0n) is 6.48. The molecule has 0 bridgehead atoms. The first-order chi connectivity index (χ1) is 4.10. The third-order valence-electron chi connectivity index (χ3n) is 2.42. The van der Waals surface area contributed by atoms with Crippen LogP contribution in [-0.4, -0.2) is 5.54 Å². The molecule has 1 aliphatic rings. The summed E-state index contributed by atoms with van der Waals surface area (Å²) in [7, 11) is 0. The number of rotatable bonds is 0. The van der Waals surface area contributed by atoms with Crippen molar-refractivity contribution in [1.29, 1.82) is 0 Å². The molecule has 0 atom stereocenters. The van der Waals surface area contributed by atoms with Gasteiger partial charge in [0, 0.05) is 5.54 Å². The molecule has 0 heterocycles. The monoisotopic (exact) mass is 127 g/mol. The van der Waals surface area contributed by atoms with Gasteiger partial charge in [-0.3, -0.25) is 0 Å². The van der Waals surface area contributed by atoms with Crippen LogP contribution in [0.2, 0.25) is 0 Å². The summed E-state index contributed by atoms with van der Waals surface area (Å²) in [6, 6.07) is 0. The molecule has 0 aliphatic heterocycles. The van der Waals surface area contributed by atoms with Crippen LogP contribution in [0.25, 0.3) is 0 Å². The van der Waals surface area contributed by atoms with E-state index >= 15 is 0 Å². The average Bonchev–Trinajstić information content (AvgIpc) is 1.78. The largest absolute Gasteiger partial charge is 0.325 e. The van der Waals surface area contributed by atoms with E-state index in [0.717, 1.165) is 5.92 Å². The van der Waals surface area contributed by atoms with Crippen molar-refractivity contribution < 1.29 is 0 Å². The molecule has 0 spiro atoms. The molecule has 1 fully saturated rings. The predicted octanol–water partition coefficient (Wildman–Crippen LogP) is 1.91. The lowest BCUT2D eigenvalue weighted by atomic mass is 9.79. The van der Waals surface area contributed by atoms with Gasteiger partial charge in [-0.15, -0.1) is 0 Å². The third-order valence-corrected chi connectivity index (χ3v) is 2.42. The fourth-order valence-electron chi connectivity index (χ4n) is 1.42. The Kier molecular flexibility index (Phi) is 1.80. The Morgan fingerprint density at radius 3 is 2.11 bits per heavy atom. The van der Waals surface area contributed by atoms with Crippen molar-refractivity contribution in [3.05, 3.63) is 0 Å². The van der Waals surface area contributed by atoms with E-state index < -0.39 is 0 Å². The van der Waals surface area contributed by atoms with E-state index in [1.165, 1.54) is 25.7 Å². The summed E-state index contributed by atoms with van der Waals surface area (Å²) >= 11 is 0. The van der Waals surface area contributed by atoms with Crippen molar-refractivity contribution in [3.8, 4) is 0 Å². The van der Waals surface area contributed by atoms with Gasteiger partial charge in [0.05, 0.1) is 0 Å². The second-order valence-electron chi connectivity index (χ2n) is 3.84. The Morgan fingerprint density at radius 2 is 1.78 bits per heavy atom. The Morgan fingerprint density at radius 1 is 1.33 bits per heavy atom. The molecule has 0 aromatic rings. The van der Waals surface area contributed by atoms with Crippen LogP contribution < -0.4 is 5.73 Å². The topological polar surface area (TPSA) is 26.0 Å². The fraction of sp³-hybridized carbons (Fsp3) is 1.00. The van der Waals surface area contributed by atoms with Crippen LogP contribution in [0.3, 0.4) is 0 Å². The molecule has 0 aromatic carbocycles. The highest BCUT2D eigenvalue weighted by Gasteiger charge is 2.24. The zero-order valence-corrected chi connectivity index (χ0v) is 6.48. The van der Waals surface area contributed by atoms with E-state index in [-0.39, 0.29) is 5.54 Å². The Balaban J connectivity index is 2.35. The van der Waals surface area contributed by atoms with Crippen LogP contribution in [0, 0.1) is 5.92 Å². The van der Waals surface area contributed by atoms with Gasteiger partial charge >= 0.3 is 0 Å². The predicted molar refractivity (Wildman–Crippen MR) is 40.2 cm³/mol. The molecular weight excluding hydrogens is 110 g/mol. The van der Waals surface area contributed by atoms with E-state index in [1.54, 1.807) is 0 Å². The molecule has 0 amide bonds. The third kappa shape index (κ3) is 1.98. The van der Waals surface area contributed by atoms with Crippen LogP contribution in [0.15, 0.2) is 0 Å². The zero-order chi connectivity index (χ0) is 6.91. The first kappa shape index (κ1) is 7.07. The van der Waals surface area contributed by atoms with Gasteiger partial charge in [-0.25, -0.2) is 0 Å². The van der Waals surface area contributed by atoms with Crippen molar-refractivity contribution in [2.45, 2.75) is 45.1 Å². The van der Waals surface area contributed by atoms with Crippen molar-refractivity contribution >= 4 is 0 Å². The number of hydrogen-bond acceptors (Lipinski definition) is 1. The van der Waals surface area contributed by atoms with Gasteiger partial charge in [0.1, 0.15) is 0 Å². The molecule has 1 saturated carbocycles. The van der Waals surface area contributed by atoms with Crippen molar-refractivity contribution in [2.75, 3.05) is 0 Å². The molecule has 1 aliphatic carbocycles. The molecule has 1 rings (SSSR count). The lowest BCUT2D eigenvalue weighted by Crippen LogP contribution is -2.39. The maximum Gasteiger partial charge on any atom is 0.0126 e. The molecule has 1 nitrogen and oxygen atoms in total. The quantitative estimate of drug-likeness (QED) is 0.528. The molecule has 0 unspecified atom stereocenters. The molecule has 1 heteroatoms. The lowest BCUT2D eigenvalue weighted by Gasteiger charge is -2.32. The van der Waals surface area contributed by atoms with E-state index in [4.69, 9.17) is 5.73 Å². The minimum absolute atomic E-state index is 0.159. The highest BCUT2D eigenvalue weighted by atomic mass is 14.7. The van der Waals surface area contributed by atoms with Gasteiger partial charge in [-0.1, -0.05) is 6.92 Å². The molecule has 9 heavy (non-hydrogen) atoms. The highest BCUT2D eigenvalue weighted by molar-refractivity contribution is 4.83. The van der Waals surface area contributed by atoms with Gasteiger partial charge < -0.3 is 5.73 Å². The number of nitrogens with two attached hydrogens (primary N) is 1. The summed E-state index contributed by atoms with van der Waals surface area (Å²) in [5, 5.41) is 0. The first-order valence-corrected chi connectivity index (χ1v) is 3.89. The van der Waals surface area contributed by atoms with Gasteiger partial charge in [-0.05, 0) is 38.5 Å². The molecule has 2 N–H and O–H groups in total. The van der Waals surface area contributed by atoms with Gasteiger partial charge in [0.25, 0.3) is 0 Å². The van der Waals surface area contributed by atoms with Gasteiger partial charge in [0.15, 0.2) is 0 Å². The second-order valence-corrected chi connectivity index (χ2v) is 3.84. The van der Waals surface area contributed by atoms with E-state index in [1.807, 2.05) is 0 Å². The summed E-state index contributed by atoms with van der Waals surface area (Å²) in [4.78, 5) is 0. The smallest absolute Gasteiger partial charge is 0.0126 e. The minimum Gasteiger partial charge on any atom is -0.325 e. The molecule has 54 valence electrons. The van der Waals surface area contributed by atoms with Crippen LogP contribution in [0.1, 0.15) is 39.5 Å². The van der Waals surface area contributed by atoms with Crippen LogP contribution in [0.4, 0.5) is 0 Å². The Hall–Kier alpha value is -0.0400. The normalized spacial score (nSPS) is 45.0. The Labute approximate surface area is 57.6 Å². The maximum atomic E-state index is 5.94. The van der Waals surface area contributed by atoms with Crippen molar-refractivity contribution in [3.63, 3.8) is 0 Å². The van der Waals surface area contributed by atoms with Crippen molar-refractivity contribution in [2.24, 2.45) is 11.7 Å². The van der Waals surface area contributed by atoms with Gasteiger partial charge in [-0.2, -0.15) is 0 Å². The van der Waals surface area contributed by atoms with Crippen molar-refractivity contribution in [1.82, 2.24) is 0 Å². The summed E-state index contributed by atoms with van der Waals surface area (Å²) in [5.74, 6) is 0.918. The lowest BCUT2D eigenvalue weighted by molar-refractivity contribution is 0.264. The first-order valence-electron chi connectivity index (χ1n) is 3.89. The van der Waals surface area contributed by atoms with E-state index in [0.29, 0.717) is 0 Å². The van der Waals surface area contributed by atoms with Crippen LogP contribution in [-0.2, 0) is 0 Å². The van der Waals surface area contributed by atoms with Crippen LogP contribution in [0.5, 0.6) is 0 Å². The number of hydrogen-bond donors (Lipinski definition) is 1. The highest BCUT2D eigenvalue weighted by Crippen LogP contribution is 2.28. The average molecular weight is 127 g/mol. The molecule has 0 aromatic heterocycles. The molecule has 0 radical (unpaired) electrons. The van der Waals surface area contributed by atoms with E-state index in [9.17, 15) is 0 Å². The van der Waals surface area contributed by atoms with Gasteiger partial charge in [0.2, 0.25) is 0 Å². The summed E-state index contributed by atoms with van der Waals surface area (Å²) in [6.45, 7) is 4.48. The standard InChI is InChI=1S/C8H17N/c1-7-3-5-8(2,9)6-4-7/h7H,3-6,9H2,1-2H3/t7-,8+.